The van der Waals surface area contributed by atoms with Crippen molar-refractivity contribution in [3.63, 3.8) is 0 Å². The highest BCUT2D eigenvalue weighted by Gasteiger charge is 2.50. The lowest BCUT2D eigenvalue weighted by Crippen LogP contribution is -2.60. The molecule has 4 aliphatic rings. The van der Waals surface area contributed by atoms with Gasteiger partial charge in [-0.3, -0.25) is 0 Å². The van der Waals surface area contributed by atoms with E-state index in [-0.39, 0.29) is 5.66 Å². The number of fused-ring (bicyclic) bond motifs is 4. The summed E-state index contributed by atoms with van der Waals surface area (Å²) in [6, 6.07) is 3.01. The third kappa shape index (κ3) is 2.21. The largest absolute Gasteiger partial charge is 0.367 e. The molecule has 0 saturated carbocycles. The highest BCUT2D eigenvalue weighted by Crippen LogP contribution is 2.44. The van der Waals surface area contributed by atoms with E-state index >= 15 is 0 Å². The van der Waals surface area contributed by atoms with Crippen LogP contribution in [0, 0.1) is 0 Å². The van der Waals surface area contributed by atoms with Crippen LogP contribution in [0.1, 0.15) is 25.7 Å². The molecule has 4 aliphatic heterocycles. The minimum absolute atomic E-state index is 0.0700. The van der Waals surface area contributed by atoms with Crippen molar-refractivity contribution in [3.05, 3.63) is 53.5 Å². The van der Waals surface area contributed by atoms with Gasteiger partial charge in [-0.05, 0) is 25.0 Å². The van der Waals surface area contributed by atoms with Crippen molar-refractivity contribution in [3.8, 4) is 0 Å². The number of piperidine rings is 1. The first-order valence-electron chi connectivity index (χ1n) is 8.38. The van der Waals surface area contributed by atoms with Gasteiger partial charge in [-0.1, -0.05) is 11.6 Å². The third-order valence-corrected chi connectivity index (χ3v) is 5.65. The molecule has 0 radical (unpaired) electrons. The fourth-order valence-corrected chi connectivity index (χ4v) is 4.62. The Bertz CT molecular complexity index is 744. The molecule has 2 unspecified atom stereocenters. The minimum Gasteiger partial charge on any atom is -0.367 e. The number of halogens is 1. The van der Waals surface area contributed by atoms with Gasteiger partial charge in [-0.15, -0.1) is 0 Å². The smallest absolute Gasteiger partial charge is 0.133 e. The highest BCUT2D eigenvalue weighted by molar-refractivity contribution is 6.32. The lowest BCUT2D eigenvalue weighted by Gasteiger charge is -2.46. The summed E-state index contributed by atoms with van der Waals surface area (Å²) in [5, 5.41) is 11.4. The third-order valence-electron chi connectivity index (χ3n) is 5.35. The Kier molecular flexibility index (Phi) is 3.11. The second kappa shape index (κ2) is 5.22. The van der Waals surface area contributed by atoms with E-state index in [0.29, 0.717) is 12.1 Å². The van der Waals surface area contributed by atoms with Gasteiger partial charge in [-0.2, -0.15) is 0 Å². The van der Waals surface area contributed by atoms with Crippen LogP contribution in [-0.2, 0) is 0 Å². The maximum Gasteiger partial charge on any atom is 0.133 e. The van der Waals surface area contributed by atoms with Gasteiger partial charge in [0.2, 0.25) is 0 Å². The van der Waals surface area contributed by atoms with Crippen molar-refractivity contribution < 1.29 is 0 Å². The van der Waals surface area contributed by atoms with Crippen LogP contribution in [0.5, 0.6) is 0 Å². The molecule has 2 fully saturated rings. The van der Waals surface area contributed by atoms with E-state index in [1.165, 1.54) is 19.2 Å². The standard InChI is InChI=1S/C17H19ClN6/c18-14-5-13(23-16-3-4-19-10-20-16)9-24-15(14)8-21-17(24)6-11-1-2-12(7-17)22-11/h3-5,8-12,21-22H,1-2,6-7H2,(H,19,20,23). The second-order valence-corrected chi connectivity index (χ2v) is 7.33. The van der Waals surface area contributed by atoms with Gasteiger partial charge in [0.25, 0.3) is 0 Å². The van der Waals surface area contributed by atoms with E-state index < -0.39 is 0 Å². The van der Waals surface area contributed by atoms with Gasteiger partial charge in [-0.25, -0.2) is 9.97 Å². The lowest BCUT2D eigenvalue weighted by atomic mass is 9.91. The number of anilines is 1. The minimum atomic E-state index is -0.0700. The summed E-state index contributed by atoms with van der Waals surface area (Å²) in [6.45, 7) is 0. The van der Waals surface area contributed by atoms with Crippen LogP contribution >= 0.6 is 11.6 Å². The predicted octanol–water partition coefficient (Wildman–Crippen LogP) is 2.22. The molecule has 5 rings (SSSR count). The second-order valence-electron chi connectivity index (χ2n) is 6.92. The predicted molar refractivity (Wildman–Crippen MR) is 92.6 cm³/mol. The molecule has 7 heteroatoms. The van der Waals surface area contributed by atoms with Crippen molar-refractivity contribution in [2.24, 2.45) is 0 Å². The van der Waals surface area contributed by atoms with Gasteiger partial charge in [0.15, 0.2) is 0 Å². The fraction of sp³-hybridized carbons (Fsp3) is 0.412. The molecule has 1 aromatic heterocycles. The molecule has 2 atom stereocenters. The normalized spacial score (nSPS) is 33.5. The zero-order chi connectivity index (χ0) is 16.1. The molecule has 0 aliphatic carbocycles. The molecule has 1 aromatic rings. The Morgan fingerprint density at radius 1 is 1.29 bits per heavy atom. The van der Waals surface area contributed by atoms with Crippen molar-refractivity contribution >= 4 is 17.4 Å². The van der Waals surface area contributed by atoms with Crippen molar-refractivity contribution in [1.82, 2.24) is 25.5 Å². The molecular weight excluding hydrogens is 324 g/mol. The number of rotatable bonds is 2. The molecule has 2 saturated heterocycles. The van der Waals surface area contributed by atoms with Gasteiger partial charge in [0.05, 0.1) is 16.4 Å². The summed E-state index contributed by atoms with van der Waals surface area (Å²) in [5.74, 6) is 0.760. The molecule has 6 nitrogen and oxygen atoms in total. The van der Waals surface area contributed by atoms with E-state index in [0.717, 1.165) is 35.1 Å². The monoisotopic (exact) mass is 342 g/mol. The summed E-state index contributed by atoms with van der Waals surface area (Å²) in [7, 11) is 0. The maximum atomic E-state index is 6.55. The topological polar surface area (TPSA) is 65.1 Å². The first kappa shape index (κ1) is 14.3. The Hall–Kier alpha value is -2.05. The molecule has 2 bridgehead atoms. The lowest BCUT2D eigenvalue weighted by molar-refractivity contribution is 0.107. The van der Waals surface area contributed by atoms with Crippen LogP contribution < -0.4 is 16.0 Å². The molecule has 124 valence electrons. The molecule has 3 N–H and O–H groups in total. The Balaban J connectivity index is 1.46. The van der Waals surface area contributed by atoms with Crippen molar-refractivity contribution in [2.45, 2.75) is 43.4 Å². The first-order valence-corrected chi connectivity index (χ1v) is 8.75. The van der Waals surface area contributed by atoms with E-state index in [1.54, 1.807) is 6.20 Å². The van der Waals surface area contributed by atoms with Crippen LogP contribution in [0.3, 0.4) is 0 Å². The summed E-state index contributed by atoms with van der Waals surface area (Å²) in [5.41, 5.74) is 1.91. The number of nitrogens with zero attached hydrogens (tertiary/aromatic N) is 3. The highest BCUT2D eigenvalue weighted by atomic mass is 35.5. The molecular formula is C17H19ClN6. The van der Waals surface area contributed by atoms with Gasteiger partial charge in [0, 0.05) is 43.5 Å². The van der Waals surface area contributed by atoms with Crippen molar-refractivity contribution in [1.29, 1.82) is 0 Å². The zero-order valence-corrected chi connectivity index (χ0v) is 13.9. The van der Waals surface area contributed by atoms with Crippen LogP contribution in [0.25, 0.3) is 0 Å². The number of aromatic nitrogens is 2. The Morgan fingerprint density at radius 2 is 2.12 bits per heavy atom. The SMILES string of the molecule is ClC1=CC(Nc2ccncn2)=CN2C1=CNC21CC2CCC(C1)N2. The molecule has 1 spiro atoms. The zero-order valence-electron chi connectivity index (χ0n) is 13.2. The van der Waals surface area contributed by atoms with E-state index in [4.69, 9.17) is 11.6 Å². The van der Waals surface area contributed by atoms with Crippen LogP contribution in [0.15, 0.2) is 53.5 Å². The molecule has 0 amide bonds. The summed E-state index contributed by atoms with van der Waals surface area (Å²) in [6.07, 6.45) is 14.1. The van der Waals surface area contributed by atoms with Gasteiger partial charge in [0.1, 0.15) is 17.8 Å². The quantitative estimate of drug-likeness (QED) is 0.766. The maximum absolute atomic E-state index is 6.55. The van der Waals surface area contributed by atoms with E-state index in [1.807, 2.05) is 12.1 Å². The first-order chi connectivity index (χ1) is 11.7. The molecule has 0 aromatic carbocycles. The van der Waals surface area contributed by atoms with E-state index in [2.05, 4.69) is 43.2 Å². The van der Waals surface area contributed by atoms with Crippen LogP contribution in [0.2, 0.25) is 0 Å². The number of nitrogens with one attached hydrogen (secondary N) is 3. The van der Waals surface area contributed by atoms with Crippen LogP contribution in [-0.4, -0.2) is 32.6 Å². The number of hydrogen-bond acceptors (Lipinski definition) is 6. The number of hydrogen-bond donors (Lipinski definition) is 3. The van der Waals surface area contributed by atoms with Gasteiger partial charge < -0.3 is 20.9 Å². The molecule has 5 heterocycles. The fourth-order valence-electron chi connectivity index (χ4n) is 4.35. The average Bonchev–Trinajstić information content (AvgIpc) is 3.10. The average molecular weight is 343 g/mol. The molecule has 24 heavy (non-hydrogen) atoms. The van der Waals surface area contributed by atoms with Gasteiger partial charge >= 0.3 is 0 Å². The summed E-state index contributed by atoms with van der Waals surface area (Å²) in [4.78, 5) is 10.5. The summed E-state index contributed by atoms with van der Waals surface area (Å²) >= 11 is 6.55. The van der Waals surface area contributed by atoms with E-state index in [9.17, 15) is 0 Å². The Labute approximate surface area is 145 Å². The van der Waals surface area contributed by atoms with Crippen LogP contribution in [0.4, 0.5) is 5.82 Å². The summed E-state index contributed by atoms with van der Waals surface area (Å²) < 4.78 is 0. The van der Waals surface area contributed by atoms with Crippen molar-refractivity contribution in [2.75, 3.05) is 5.32 Å². The number of allylic oxidation sites excluding steroid dienone is 2. The Morgan fingerprint density at radius 3 is 2.88 bits per heavy atom.